The van der Waals surface area contributed by atoms with E-state index in [4.69, 9.17) is 16.7 Å². The van der Waals surface area contributed by atoms with Gasteiger partial charge in [-0.2, -0.15) is 0 Å². The summed E-state index contributed by atoms with van der Waals surface area (Å²) in [4.78, 5) is 10.3. The lowest BCUT2D eigenvalue weighted by Crippen LogP contribution is -1.85. The van der Waals surface area contributed by atoms with E-state index in [9.17, 15) is 4.79 Å². The molecule has 0 bridgehead atoms. The summed E-state index contributed by atoms with van der Waals surface area (Å²) in [6.45, 7) is 2.25. The van der Waals surface area contributed by atoms with Crippen molar-refractivity contribution in [3.8, 4) is 0 Å². The van der Waals surface area contributed by atoms with Gasteiger partial charge < -0.3 is 5.11 Å². The number of allylic oxidation sites excluding steroid dienone is 3. The van der Waals surface area contributed by atoms with E-state index in [2.05, 4.69) is 13.0 Å². The van der Waals surface area contributed by atoms with Crippen molar-refractivity contribution in [3.05, 3.63) is 23.3 Å². The maximum Gasteiger partial charge on any atom is 0.327 e. The second kappa shape index (κ2) is 19.6. The minimum atomic E-state index is -0.846. The molecule has 0 spiro atoms. The summed E-state index contributed by atoms with van der Waals surface area (Å²) in [7, 11) is 0. The van der Waals surface area contributed by atoms with Crippen molar-refractivity contribution >= 4 is 17.6 Å². The minimum absolute atomic E-state index is 0.846. The van der Waals surface area contributed by atoms with Crippen LogP contribution in [0.25, 0.3) is 0 Å². The molecule has 0 amide bonds. The Morgan fingerprint density at radius 3 is 1.92 bits per heavy atom. The standard InChI is InChI=1S/C22H39ClO2/c1-2-3-4-5-12-15-18-21(23)19-16-13-10-8-6-7-9-11-14-17-20-22(24)25/h17,19-20H,2-16,18H2,1H3,(H,24,25)/b20-17+,21-19?. The Bertz CT molecular complexity index is 361. The van der Waals surface area contributed by atoms with Gasteiger partial charge in [0.2, 0.25) is 0 Å². The quantitative estimate of drug-likeness (QED) is 0.196. The van der Waals surface area contributed by atoms with E-state index in [1.54, 1.807) is 6.08 Å². The van der Waals surface area contributed by atoms with Gasteiger partial charge in [-0.15, -0.1) is 0 Å². The maximum atomic E-state index is 10.3. The highest BCUT2D eigenvalue weighted by molar-refractivity contribution is 6.29. The number of carboxylic acids is 1. The third kappa shape index (κ3) is 21.2. The van der Waals surface area contributed by atoms with Gasteiger partial charge in [0.1, 0.15) is 0 Å². The average molecular weight is 371 g/mol. The number of carboxylic acid groups (broad SMARTS) is 1. The summed E-state index contributed by atoms with van der Waals surface area (Å²) in [6, 6.07) is 0. The molecule has 1 N–H and O–H groups in total. The fourth-order valence-electron chi connectivity index (χ4n) is 2.91. The first-order chi connectivity index (χ1) is 12.2. The van der Waals surface area contributed by atoms with Crippen LogP contribution in [0.5, 0.6) is 0 Å². The zero-order chi connectivity index (χ0) is 18.6. The molecule has 0 aliphatic heterocycles. The van der Waals surface area contributed by atoms with Crippen molar-refractivity contribution in [2.75, 3.05) is 0 Å². The molecule has 0 aromatic carbocycles. The first kappa shape index (κ1) is 24.2. The molecule has 146 valence electrons. The minimum Gasteiger partial charge on any atom is -0.478 e. The molecule has 0 aromatic rings. The molecule has 0 saturated heterocycles. The number of aliphatic carboxylic acids is 1. The maximum absolute atomic E-state index is 10.3. The number of hydrogen-bond acceptors (Lipinski definition) is 1. The molecular formula is C22H39ClO2. The van der Waals surface area contributed by atoms with Crippen molar-refractivity contribution in [2.24, 2.45) is 0 Å². The molecule has 0 saturated carbocycles. The Balaban J connectivity index is 3.29. The fourth-order valence-corrected chi connectivity index (χ4v) is 3.15. The SMILES string of the molecule is CCCCCCCCC(Cl)=CCCCCCCCCC/C=C/C(=O)O. The molecule has 25 heavy (non-hydrogen) atoms. The van der Waals surface area contributed by atoms with Gasteiger partial charge in [0, 0.05) is 11.1 Å². The summed E-state index contributed by atoms with van der Waals surface area (Å²) >= 11 is 6.28. The number of hydrogen-bond donors (Lipinski definition) is 1. The van der Waals surface area contributed by atoms with Gasteiger partial charge in [0.25, 0.3) is 0 Å². The normalized spacial score (nSPS) is 12.2. The number of halogens is 1. The van der Waals surface area contributed by atoms with Gasteiger partial charge in [0.05, 0.1) is 0 Å². The van der Waals surface area contributed by atoms with Crippen molar-refractivity contribution in [2.45, 2.75) is 110 Å². The second-order valence-electron chi connectivity index (χ2n) is 6.96. The smallest absolute Gasteiger partial charge is 0.327 e. The van der Waals surface area contributed by atoms with Crippen LogP contribution in [0.15, 0.2) is 23.3 Å². The number of carbonyl (C=O) groups is 1. The van der Waals surface area contributed by atoms with Gasteiger partial charge in [-0.05, 0) is 38.5 Å². The highest BCUT2D eigenvalue weighted by Gasteiger charge is 1.95. The van der Waals surface area contributed by atoms with E-state index in [1.807, 2.05) is 0 Å². The Morgan fingerprint density at radius 1 is 0.800 bits per heavy atom. The summed E-state index contributed by atoms with van der Waals surface area (Å²) in [5.74, 6) is -0.846. The summed E-state index contributed by atoms with van der Waals surface area (Å²) < 4.78 is 0. The Hall–Kier alpha value is -0.760. The zero-order valence-corrected chi connectivity index (χ0v) is 17.0. The predicted molar refractivity (Wildman–Crippen MR) is 110 cm³/mol. The summed E-state index contributed by atoms with van der Waals surface area (Å²) in [5.41, 5.74) is 0. The van der Waals surface area contributed by atoms with E-state index < -0.39 is 5.97 Å². The third-order valence-corrected chi connectivity index (χ3v) is 4.81. The molecule has 0 atom stereocenters. The molecule has 0 rings (SSSR count). The summed E-state index contributed by atoms with van der Waals surface area (Å²) in [6.07, 6.45) is 24.9. The first-order valence-corrected chi connectivity index (χ1v) is 10.8. The predicted octanol–water partition coefficient (Wildman–Crippen LogP) is 8.01. The second-order valence-corrected chi connectivity index (χ2v) is 7.45. The lowest BCUT2D eigenvalue weighted by Gasteiger charge is -2.02. The Kier molecular flexibility index (Phi) is 19.0. The molecule has 0 aromatic heterocycles. The van der Waals surface area contributed by atoms with Crippen LogP contribution in [0, 0.1) is 0 Å². The van der Waals surface area contributed by atoms with Gasteiger partial charge >= 0.3 is 5.97 Å². The van der Waals surface area contributed by atoms with Gasteiger partial charge in [-0.25, -0.2) is 4.79 Å². The van der Waals surface area contributed by atoms with E-state index >= 15 is 0 Å². The highest BCUT2D eigenvalue weighted by atomic mass is 35.5. The van der Waals surface area contributed by atoms with E-state index in [1.165, 1.54) is 83.1 Å². The Morgan fingerprint density at radius 2 is 1.32 bits per heavy atom. The largest absolute Gasteiger partial charge is 0.478 e. The van der Waals surface area contributed by atoms with Crippen molar-refractivity contribution in [1.29, 1.82) is 0 Å². The Labute approximate surface area is 160 Å². The topological polar surface area (TPSA) is 37.3 Å². The molecular weight excluding hydrogens is 332 g/mol. The fraction of sp³-hybridized carbons (Fsp3) is 0.773. The van der Waals surface area contributed by atoms with Crippen LogP contribution in [-0.2, 0) is 4.79 Å². The van der Waals surface area contributed by atoms with Gasteiger partial charge in [-0.3, -0.25) is 0 Å². The van der Waals surface area contributed by atoms with Crippen LogP contribution in [-0.4, -0.2) is 11.1 Å². The van der Waals surface area contributed by atoms with Crippen LogP contribution in [0.2, 0.25) is 0 Å². The van der Waals surface area contributed by atoms with Crippen LogP contribution in [0.3, 0.4) is 0 Å². The van der Waals surface area contributed by atoms with Crippen molar-refractivity contribution in [3.63, 3.8) is 0 Å². The lowest BCUT2D eigenvalue weighted by molar-refractivity contribution is -0.131. The molecule has 0 heterocycles. The molecule has 0 fully saturated rings. The van der Waals surface area contributed by atoms with E-state index in [0.717, 1.165) is 30.7 Å². The lowest BCUT2D eigenvalue weighted by atomic mass is 10.1. The summed E-state index contributed by atoms with van der Waals surface area (Å²) in [5, 5.41) is 9.53. The van der Waals surface area contributed by atoms with Crippen LogP contribution in [0.4, 0.5) is 0 Å². The van der Waals surface area contributed by atoms with Crippen molar-refractivity contribution in [1.82, 2.24) is 0 Å². The molecule has 0 radical (unpaired) electrons. The van der Waals surface area contributed by atoms with Gasteiger partial charge in [-0.1, -0.05) is 94.9 Å². The van der Waals surface area contributed by atoms with E-state index in [0.29, 0.717) is 0 Å². The van der Waals surface area contributed by atoms with Crippen LogP contribution < -0.4 is 0 Å². The molecule has 0 unspecified atom stereocenters. The van der Waals surface area contributed by atoms with Crippen LogP contribution >= 0.6 is 11.6 Å². The third-order valence-electron chi connectivity index (χ3n) is 4.47. The monoisotopic (exact) mass is 370 g/mol. The zero-order valence-electron chi connectivity index (χ0n) is 16.3. The average Bonchev–Trinajstić information content (AvgIpc) is 2.58. The first-order valence-electron chi connectivity index (χ1n) is 10.4. The molecule has 2 nitrogen and oxygen atoms in total. The number of unbranched alkanes of at least 4 members (excludes halogenated alkanes) is 13. The molecule has 0 aliphatic carbocycles. The number of rotatable bonds is 18. The van der Waals surface area contributed by atoms with E-state index in [-0.39, 0.29) is 0 Å². The molecule has 0 aliphatic rings. The van der Waals surface area contributed by atoms with Gasteiger partial charge in [0.15, 0.2) is 0 Å². The highest BCUT2D eigenvalue weighted by Crippen LogP contribution is 2.17. The molecule has 3 heteroatoms. The van der Waals surface area contributed by atoms with Crippen LogP contribution in [0.1, 0.15) is 110 Å². The van der Waals surface area contributed by atoms with Crippen molar-refractivity contribution < 1.29 is 9.90 Å².